The fourth-order valence-electron chi connectivity index (χ4n) is 3.79. The maximum absolute atomic E-state index is 13.7. The van der Waals surface area contributed by atoms with Crippen LogP contribution in [0.5, 0.6) is 11.5 Å². The molecule has 0 aromatic heterocycles. The van der Waals surface area contributed by atoms with Crippen molar-refractivity contribution in [1.82, 2.24) is 9.62 Å². The molecule has 0 spiro atoms. The van der Waals surface area contributed by atoms with Gasteiger partial charge in [0.05, 0.1) is 11.3 Å². The number of nitrogens with one attached hydrogen (secondary N) is 3. The van der Waals surface area contributed by atoms with Crippen molar-refractivity contribution in [2.24, 2.45) is 0 Å². The molecule has 0 aliphatic carbocycles. The van der Waals surface area contributed by atoms with Crippen LogP contribution < -0.4 is 14.8 Å². The Morgan fingerprint density at radius 2 is 1.88 bits per heavy atom. The summed E-state index contributed by atoms with van der Waals surface area (Å²) in [5, 5.41) is 12.9. The second kappa shape index (κ2) is 11.3. The summed E-state index contributed by atoms with van der Waals surface area (Å²) >= 11 is 0. The number of benzene rings is 2. The molecule has 1 aliphatic rings. The van der Waals surface area contributed by atoms with E-state index in [1.807, 2.05) is 13.0 Å². The monoisotopic (exact) mass is 488 g/mol. The van der Waals surface area contributed by atoms with Crippen molar-refractivity contribution in [3.8, 4) is 11.5 Å². The lowest BCUT2D eigenvalue weighted by Crippen LogP contribution is -2.45. The summed E-state index contributed by atoms with van der Waals surface area (Å²) in [7, 11) is -3.64. The molecule has 34 heavy (non-hydrogen) atoms. The van der Waals surface area contributed by atoms with Crippen molar-refractivity contribution < 1.29 is 23.6 Å². The van der Waals surface area contributed by atoms with Crippen LogP contribution in [0.1, 0.15) is 49.9 Å². The largest absolute Gasteiger partial charge is 0.478 e. The smallest absolute Gasteiger partial charge is 0.335 e. The van der Waals surface area contributed by atoms with Crippen molar-refractivity contribution in [3.05, 3.63) is 48.0 Å². The summed E-state index contributed by atoms with van der Waals surface area (Å²) in [5.74, 6) is -0.548. The zero-order valence-corrected chi connectivity index (χ0v) is 20.3. The number of hydrogen-bond donors (Lipinski definition) is 4. The number of amides is 1. The molecule has 0 bridgehead atoms. The van der Waals surface area contributed by atoms with Crippen LogP contribution >= 0.6 is 0 Å². The average Bonchev–Trinajstić information content (AvgIpc) is 2.80. The molecule has 1 fully saturated rings. The molecule has 10 heteroatoms. The lowest BCUT2D eigenvalue weighted by atomic mass is 10.1. The lowest BCUT2D eigenvalue weighted by molar-refractivity contribution is -0.129. The Labute approximate surface area is 200 Å². The van der Waals surface area contributed by atoms with Gasteiger partial charge < -0.3 is 20.1 Å². The van der Waals surface area contributed by atoms with Crippen molar-refractivity contribution >= 4 is 27.5 Å². The molecular formula is C24H32N4O5S. The van der Waals surface area contributed by atoms with Gasteiger partial charge in [-0.3, -0.25) is 4.79 Å². The highest BCUT2D eigenvalue weighted by Crippen LogP contribution is 2.38. The molecule has 2 aromatic carbocycles. The summed E-state index contributed by atoms with van der Waals surface area (Å²) in [6.45, 7) is 5.14. The third-order valence-electron chi connectivity index (χ3n) is 5.69. The van der Waals surface area contributed by atoms with Gasteiger partial charge in [-0.1, -0.05) is 31.5 Å². The van der Waals surface area contributed by atoms with Crippen LogP contribution in [0.2, 0.25) is 0 Å². The summed E-state index contributed by atoms with van der Waals surface area (Å²) in [5.41, 5.74) is 0.294. The first kappa shape index (κ1) is 25.5. The summed E-state index contributed by atoms with van der Waals surface area (Å²) in [6, 6.07) is 11.3. The quantitative estimate of drug-likeness (QED) is 0.369. The predicted molar refractivity (Wildman–Crippen MR) is 131 cm³/mol. The molecule has 2 aromatic rings. The summed E-state index contributed by atoms with van der Waals surface area (Å²) in [6.07, 6.45) is 2.87. The van der Waals surface area contributed by atoms with E-state index in [9.17, 15) is 18.9 Å². The van der Waals surface area contributed by atoms with E-state index >= 15 is 0 Å². The standard InChI is InChI=1S/C24H32N4O5S/c1-3-4-12-26-21-15-18(24(30)31)16-22(23(21)33-20-8-6-5-7-9-20)34(25,32)27-19-10-13-28(14-11-19)17(2)29/h5-9,15-16,19,26H,3-4,10-14H2,1-2H3,(H,30,31)(H2,25,27,32). The van der Waals surface area contributed by atoms with E-state index in [2.05, 4.69) is 10.0 Å². The number of nitrogens with zero attached hydrogens (tertiary/aromatic N) is 1. The minimum atomic E-state index is -3.64. The van der Waals surface area contributed by atoms with Crippen molar-refractivity contribution in [2.75, 3.05) is 25.0 Å². The van der Waals surface area contributed by atoms with E-state index < -0.39 is 15.9 Å². The van der Waals surface area contributed by atoms with Crippen molar-refractivity contribution in [3.63, 3.8) is 0 Å². The molecule has 1 heterocycles. The molecule has 1 unspecified atom stereocenters. The molecule has 1 amide bonds. The van der Waals surface area contributed by atoms with Crippen LogP contribution in [0.15, 0.2) is 47.4 Å². The van der Waals surface area contributed by atoms with E-state index in [0.717, 1.165) is 12.8 Å². The number of likely N-dealkylation sites (tertiary alicyclic amines) is 1. The van der Waals surface area contributed by atoms with Gasteiger partial charge in [-0.15, -0.1) is 0 Å². The van der Waals surface area contributed by atoms with Crippen LogP contribution in [-0.4, -0.2) is 51.8 Å². The third-order valence-corrected chi connectivity index (χ3v) is 7.28. The number of ether oxygens (including phenoxy) is 1. The Morgan fingerprint density at radius 3 is 2.47 bits per heavy atom. The first-order chi connectivity index (χ1) is 16.2. The summed E-state index contributed by atoms with van der Waals surface area (Å²) < 4.78 is 31.4. The number of rotatable bonds is 10. The van der Waals surface area contributed by atoms with Gasteiger partial charge in [-0.2, -0.15) is 0 Å². The SMILES string of the molecule is CCCCNc1cc(C(=O)O)cc(S(=N)(=O)NC2CCN(C(C)=O)CC2)c1Oc1ccccc1. The highest BCUT2D eigenvalue weighted by atomic mass is 32.2. The highest BCUT2D eigenvalue weighted by molar-refractivity contribution is 7.90. The fourth-order valence-corrected chi connectivity index (χ4v) is 5.33. The number of piperidine rings is 1. The van der Waals surface area contributed by atoms with E-state index in [1.165, 1.54) is 19.1 Å². The maximum Gasteiger partial charge on any atom is 0.335 e. The number of carbonyl (C=O) groups is 2. The van der Waals surface area contributed by atoms with Crippen LogP contribution in [-0.2, 0) is 14.7 Å². The predicted octanol–water partition coefficient (Wildman–Crippen LogP) is 4.31. The number of carboxylic acid groups (broad SMARTS) is 1. The maximum atomic E-state index is 13.7. The molecule has 3 rings (SSSR count). The van der Waals surface area contributed by atoms with Gasteiger partial charge in [0, 0.05) is 32.6 Å². The molecule has 184 valence electrons. The van der Waals surface area contributed by atoms with Gasteiger partial charge in [0.2, 0.25) is 5.91 Å². The second-order valence-corrected chi connectivity index (χ2v) is 10.1. The lowest BCUT2D eigenvalue weighted by Gasteiger charge is -2.32. The van der Waals surface area contributed by atoms with Crippen LogP contribution in [0.3, 0.4) is 0 Å². The number of aromatic carboxylic acids is 1. The fraction of sp³-hybridized carbons (Fsp3) is 0.417. The van der Waals surface area contributed by atoms with Gasteiger partial charge in [0.1, 0.15) is 20.6 Å². The first-order valence-corrected chi connectivity index (χ1v) is 13.0. The third kappa shape index (κ3) is 6.48. The van der Waals surface area contributed by atoms with Gasteiger partial charge in [-0.05, 0) is 43.5 Å². The number of para-hydroxylation sites is 1. The Bertz CT molecular complexity index is 1110. The second-order valence-electron chi connectivity index (χ2n) is 8.31. The van der Waals surface area contributed by atoms with E-state index in [0.29, 0.717) is 43.9 Å². The molecular weight excluding hydrogens is 456 g/mol. The Hall–Kier alpha value is -3.11. The molecule has 4 N–H and O–H groups in total. The van der Waals surface area contributed by atoms with Gasteiger partial charge >= 0.3 is 5.97 Å². The molecule has 1 atom stereocenters. The van der Waals surface area contributed by atoms with Gasteiger partial charge in [0.15, 0.2) is 5.75 Å². The normalized spacial score (nSPS) is 16.0. The highest BCUT2D eigenvalue weighted by Gasteiger charge is 2.28. The number of carbonyl (C=O) groups excluding carboxylic acids is 1. The van der Waals surface area contributed by atoms with Crippen LogP contribution in [0.4, 0.5) is 5.69 Å². The Morgan fingerprint density at radius 1 is 1.21 bits per heavy atom. The minimum absolute atomic E-state index is 0.0134. The zero-order valence-electron chi connectivity index (χ0n) is 19.5. The van der Waals surface area contributed by atoms with Gasteiger partial charge in [-0.25, -0.2) is 18.5 Å². The number of anilines is 1. The van der Waals surface area contributed by atoms with Gasteiger partial charge in [0.25, 0.3) is 0 Å². The topological polar surface area (TPSA) is 132 Å². The molecule has 0 radical (unpaired) electrons. The Kier molecular flexibility index (Phi) is 8.51. The first-order valence-electron chi connectivity index (χ1n) is 11.4. The van der Waals surface area contributed by atoms with Crippen LogP contribution in [0, 0.1) is 4.78 Å². The van der Waals surface area contributed by atoms with Crippen LogP contribution in [0.25, 0.3) is 0 Å². The molecule has 1 saturated heterocycles. The van der Waals surface area contributed by atoms with Crippen molar-refractivity contribution in [1.29, 1.82) is 4.78 Å². The average molecular weight is 489 g/mol. The van der Waals surface area contributed by atoms with Crippen molar-refractivity contribution in [2.45, 2.75) is 50.5 Å². The Balaban J connectivity index is 2.00. The minimum Gasteiger partial charge on any atom is -0.478 e. The number of carboxylic acids is 1. The molecule has 1 aliphatic heterocycles. The van der Waals surface area contributed by atoms with E-state index in [1.54, 1.807) is 29.2 Å². The van der Waals surface area contributed by atoms with E-state index in [4.69, 9.17) is 9.52 Å². The molecule has 0 saturated carbocycles. The number of hydrogen-bond acceptors (Lipinski definition) is 6. The number of unbranched alkanes of at least 4 members (excludes halogenated alkanes) is 1. The van der Waals surface area contributed by atoms with E-state index in [-0.39, 0.29) is 28.2 Å². The summed E-state index contributed by atoms with van der Waals surface area (Å²) in [4.78, 5) is 25.1. The zero-order chi connectivity index (χ0) is 24.7. The molecule has 9 nitrogen and oxygen atoms in total.